The lowest BCUT2D eigenvalue weighted by atomic mass is 10.2. The van der Waals surface area contributed by atoms with Crippen LogP contribution in [0.3, 0.4) is 0 Å². The van der Waals surface area contributed by atoms with E-state index in [9.17, 15) is 4.79 Å². The van der Waals surface area contributed by atoms with Gasteiger partial charge in [-0.05, 0) is 56.1 Å². The molecule has 0 spiro atoms. The maximum absolute atomic E-state index is 12.2. The molecule has 4 nitrogen and oxygen atoms in total. The lowest BCUT2D eigenvalue weighted by molar-refractivity contribution is 0.102. The van der Waals surface area contributed by atoms with Crippen LogP contribution in [0.15, 0.2) is 43.9 Å². The summed E-state index contributed by atoms with van der Waals surface area (Å²) in [5, 5.41) is 5.75. The van der Waals surface area contributed by atoms with E-state index in [-0.39, 0.29) is 5.91 Å². The fraction of sp³-hybridized carbons (Fsp3) is 0.0769. The first kappa shape index (κ1) is 15.5. The van der Waals surface area contributed by atoms with Gasteiger partial charge in [0.05, 0.1) is 11.3 Å². The second-order valence-corrected chi connectivity index (χ2v) is 6.51. The van der Waals surface area contributed by atoms with E-state index in [4.69, 9.17) is 0 Å². The Labute approximate surface area is 141 Å². The van der Waals surface area contributed by atoms with E-state index >= 15 is 0 Å². The van der Waals surface area contributed by atoms with Crippen LogP contribution < -0.4 is 10.6 Å². The minimum Gasteiger partial charge on any atom is -0.373 e. The molecule has 0 saturated carbocycles. The topological polar surface area (TPSA) is 54.0 Å². The van der Waals surface area contributed by atoms with E-state index in [0.717, 1.165) is 13.4 Å². The minimum atomic E-state index is -0.219. The second-order valence-electron chi connectivity index (χ2n) is 3.88. The second kappa shape index (κ2) is 6.69. The molecule has 1 amide bonds. The average molecular weight is 464 g/mol. The van der Waals surface area contributed by atoms with Crippen molar-refractivity contribution in [2.45, 2.75) is 0 Å². The summed E-state index contributed by atoms with van der Waals surface area (Å²) in [7, 11) is 1.78. The highest BCUT2D eigenvalue weighted by Crippen LogP contribution is 2.34. The van der Waals surface area contributed by atoms with Crippen LogP contribution in [0.4, 0.5) is 11.5 Å². The molecule has 2 aromatic rings. The fourth-order valence-corrected chi connectivity index (χ4v) is 3.98. The van der Waals surface area contributed by atoms with Gasteiger partial charge in [-0.3, -0.25) is 4.79 Å². The van der Waals surface area contributed by atoms with Crippen LogP contribution in [-0.2, 0) is 0 Å². The number of benzene rings is 1. The maximum Gasteiger partial charge on any atom is 0.257 e. The first-order valence-corrected chi connectivity index (χ1v) is 7.99. The smallest absolute Gasteiger partial charge is 0.257 e. The third kappa shape index (κ3) is 3.59. The zero-order chi connectivity index (χ0) is 14.7. The van der Waals surface area contributed by atoms with Gasteiger partial charge < -0.3 is 10.6 Å². The summed E-state index contributed by atoms with van der Waals surface area (Å²) in [4.78, 5) is 16.3. The predicted octanol–water partition coefficient (Wildman–Crippen LogP) is 4.66. The summed E-state index contributed by atoms with van der Waals surface area (Å²) >= 11 is 10.2. The molecule has 1 aromatic heterocycles. The number of nitrogens with zero attached hydrogens (tertiary/aromatic N) is 1. The van der Waals surface area contributed by atoms with Gasteiger partial charge >= 0.3 is 0 Å². The van der Waals surface area contributed by atoms with Crippen molar-refractivity contribution in [3.05, 3.63) is 49.4 Å². The number of carbonyl (C=O) groups excluding carboxylic acids is 1. The van der Waals surface area contributed by atoms with Gasteiger partial charge in [0.2, 0.25) is 0 Å². The number of nitrogens with one attached hydrogen (secondary N) is 2. The zero-order valence-corrected chi connectivity index (χ0v) is 15.1. The van der Waals surface area contributed by atoms with Crippen LogP contribution in [0.1, 0.15) is 10.4 Å². The Balaban J connectivity index is 2.23. The van der Waals surface area contributed by atoms with Crippen molar-refractivity contribution >= 4 is 65.2 Å². The van der Waals surface area contributed by atoms with Crippen molar-refractivity contribution in [2.75, 3.05) is 17.7 Å². The third-order valence-electron chi connectivity index (χ3n) is 2.53. The number of anilines is 2. The number of halogens is 3. The van der Waals surface area contributed by atoms with E-state index in [1.807, 2.05) is 12.1 Å². The van der Waals surface area contributed by atoms with Crippen molar-refractivity contribution in [1.29, 1.82) is 0 Å². The molecule has 7 heteroatoms. The van der Waals surface area contributed by atoms with Crippen LogP contribution in [0.5, 0.6) is 0 Å². The van der Waals surface area contributed by atoms with Crippen LogP contribution in [0.2, 0.25) is 0 Å². The SMILES string of the molecule is CNc1ccc(C(=O)Nc2c(Br)cc(Br)cc2Br)cn1. The number of amides is 1. The van der Waals surface area contributed by atoms with Crippen LogP contribution in [-0.4, -0.2) is 17.9 Å². The number of hydrogen-bond acceptors (Lipinski definition) is 3. The molecule has 2 rings (SSSR count). The molecule has 0 saturated heterocycles. The third-order valence-corrected chi connectivity index (χ3v) is 4.24. The van der Waals surface area contributed by atoms with Gasteiger partial charge in [0, 0.05) is 26.7 Å². The largest absolute Gasteiger partial charge is 0.373 e. The van der Waals surface area contributed by atoms with Gasteiger partial charge in [0.15, 0.2) is 0 Å². The normalized spacial score (nSPS) is 10.2. The van der Waals surface area contributed by atoms with Crippen molar-refractivity contribution in [1.82, 2.24) is 4.98 Å². The summed E-state index contributed by atoms with van der Waals surface area (Å²) in [6.45, 7) is 0. The summed E-state index contributed by atoms with van der Waals surface area (Å²) in [5.41, 5.74) is 1.17. The summed E-state index contributed by atoms with van der Waals surface area (Å²) in [5.74, 6) is 0.497. The molecule has 20 heavy (non-hydrogen) atoms. The highest BCUT2D eigenvalue weighted by molar-refractivity contribution is 9.11. The Morgan fingerprint density at radius 1 is 1.15 bits per heavy atom. The number of rotatable bonds is 3. The molecule has 0 aliphatic carbocycles. The molecule has 0 fully saturated rings. The number of carbonyl (C=O) groups is 1. The van der Waals surface area contributed by atoms with Gasteiger partial charge in [-0.25, -0.2) is 4.98 Å². The highest BCUT2D eigenvalue weighted by atomic mass is 79.9. The monoisotopic (exact) mass is 461 g/mol. The first-order chi connectivity index (χ1) is 9.51. The van der Waals surface area contributed by atoms with Gasteiger partial charge in [-0.2, -0.15) is 0 Å². The number of aromatic nitrogens is 1. The van der Waals surface area contributed by atoms with E-state index in [1.54, 1.807) is 19.2 Å². The Morgan fingerprint density at radius 2 is 1.80 bits per heavy atom. The predicted molar refractivity (Wildman–Crippen MR) is 91.3 cm³/mol. The average Bonchev–Trinajstić information content (AvgIpc) is 2.42. The number of hydrogen-bond donors (Lipinski definition) is 2. The van der Waals surface area contributed by atoms with E-state index in [1.165, 1.54) is 6.20 Å². The van der Waals surface area contributed by atoms with Crippen molar-refractivity contribution in [2.24, 2.45) is 0 Å². The molecule has 2 N–H and O–H groups in total. The molecular weight excluding hydrogens is 454 g/mol. The molecular formula is C13H10Br3N3O. The molecule has 0 aliphatic heterocycles. The zero-order valence-electron chi connectivity index (χ0n) is 10.4. The van der Waals surface area contributed by atoms with Crippen molar-refractivity contribution in [3.8, 4) is 0 Å². The standard InChI is InChI=1S/C13H10Br3N3O/c1-17-11-3-2-7(6-18-11)13(20)19-12-9(15)4-8(14)5-10(12)16/h2-6H,1H3,(H,17,18)(H,19,20). The quantitative estimate of drug-likeness (QED) is 0.696. The molecule has 1 heterocycles. The first-order valence-electron chi connectivity index (χ1n) is 5.61. The summed E-state index contributed by atoms with van der Waals surface area (Å²) < 4.78 is 2.48. The minimum absolute atomic E-state index is 0.219. The van der Waals surface area contributed by atoms with Gasteiger partial charge in [-0.1, -0.05) is 15.9 Å². The van der Waals surface area contributed by atoms with E-state index in [2.05, 4.69) is 63.4 Å². The Hall–Kier alpha value is -0.920. The molecule has 0 aliphatic rings. The molecule has 1 aromatic carbocycles. The van der Waals surface area contributed by atoms with Crippen LogP contribution >= 0.6 is 47.8 Å². The molecule has 0 atom stereocenters. The molecule has 0 bridgehead atoms. The van der Waals surface area contributed by atoms with Gasteiger partial charge in [-0.15, -0.1) is 0 Å². The maximum atomic E-state index is 12.2. The fourth-order valence-electron chi connectivity index (χ4n) is 1.52. The van der Waals surface area contributed by atoms with E-state index in [0.29, 0.717) is 17.1 Å². The molecule has 0 unspecified atom stereocenters. The Kier molecular flexibility index (Phi) is 5.17. The van der Waals surface area contributed by atoms with Crippen molar-refractivity contribution in [3.63, 3.8) is 0 Å². The summed E-state index contributed by atoms with van der Waals surface area (Å²) in [6.07, 6.45) is 1.53. The van der Waals surface area contributed by atoms with Crippen LogP contribution in [0.25, 0.3) is 0 Å². The highest BCUT2D eigenvalue weighted by Gasteiger charge is 2.12. The van der Waals surface area contributed by atoms with Crippen molar-refractivity contribution < 1.29 is 4.79 Å². The number of pyridine rings is 1. The Morgan fingerprint density at radius 3 is 2.30 bits per heavy atom. The van der Waals surface area contributed by atoms with E-state index < -0.39 is 0 Å². The summed E-state index contributed by atoms with van der Waals surface area (Å²) in [6, 6.07) is 7.20. The lowest BCUT2D eigenvalue weighted by Crippen LogP contribution is -2.13. The molecule has 0 radical (unpaired) electrons. The van der Waals surface area contributed by atoms with Gasteiger partial charge in [0.1, 0.15) is 5.82 Å². The lowest BCUT2D eigenvalue weighted by Gasteiger charge is -2.10. The Bertz CT molecular complexity index is 621. The molecule has 104 valence electrons. The van der Waals surface area contributed by atoms with Crippen LogP contribution in [0, 0.1) is 0 Å². The van der Waals surface area contributed by atoms with Gasteiger partial charge in [0.25, 0.3) is 5.91 Å².